The standard InChI is InChI=1S/C16H26N4O2S/c1-10(2)12-7-15(19-16(18-12)11(3)4)20-6-5-17-13-8-23(21,22)9-14(13)20/h7,10-11,13-14,17H,5-6,8-9H2,1-4H3/t13-,14+/m1/s1. The Morgan fingerprint density at radius 1 is 1.17 bits per heavy atom. The van der Waals surface area contributed by atoms with E-state index < -0.39 is 9.84 Å². The van der Waals surface area contributed by atoms with Gasteiger partial charge in [0, 0.05) is 36.8 Å². The van der Waals surface area contributed by atoms with Crippen LogP contribution in [0.15, 0.2) is 6.07 Å². The summed E-state index contributed by atoms with van der Waals surface area (Å²) >= 11 is 0. The summed E-state index contributed by atoms with van der Waals surface area (Å²) in [6.07, 6.45) is 0. The maximum absolute atomic E-state index is 12.0. The Labute approximate surface area is 138 Å². The number of anilines is 1. The lowest BCUT2D eigenvalue weighted by molar-refractivity contribution is 0.422. The van der Waals surface area contributed by atoms with E-state index in [2.05, 4.69) is 42.9 Å². The van der Waals surface area contributed by atoms with Crippen molar-refractivity contribution in [1.29, 1.82) is 0 Å². The number of piperazine rings is 1. The smallest absolute Gasteiger partial charge is 0.153 e. The van der Waals surface area contributed by atoms with Gasteiger partial charge in [-0.25, -0.2) is 18.4 Å². The fourth-order valence-corrected chi connectivity index (χ4v) is 5.28. The van der Waals surface area contributed by atoms with Crippen molar-refractivity contribution in [3.63, 3.8) is 0 Å². The summed E-state index contributed by atoms with van der Waals surface area (Å²) in [7, 11) is -2.97. The summed E-state index contributed by atoms with van der Waals surface area (Å²) in [5, 5.41) is 3.35. The third-order valence-corrected chi connectivity index (χ3v) is 6.35. The van der Waals surface area contributed by atoms with Gasteiger partial charge in [0.15, 0.2) is 9.84 Å². The van der Waals surface area contributed by atoms with Crippen LogP contribution >= 0.6 is 0 Å². The maximum atomic E-state index is 12.0. The van der Waals surface area contributed by atoms with Crippen LogP contribution in [0.1, 0.15) is 51.0 Å². The molecule has 0 radical (unpaired) electrons. The van der Waals surface area contributed by atoms with Crippen LogP contribution < -0.4 is 10.2 Å². The summed E-state index contributed by atoms with van der Waals surface area (Å²) < 4.78 is 24.0. The van der Waals surface area contributed by atoms with Gasteiger partial charge >= 0.3 is 0 Å². The molecule has 0 unspecified atom stereocenters. The molecule has 0 amide bonds. The first-order valence-corrected chi connectivity index (χ1v) is 10.2. The Morgan fingerprint density at radius 3 is 2.57 bits per heavy atom. The Bertz CT molecular complexity index is 661. The summed E-state index contributed by atoms with van der Waals surface area (Å²) in [5.41, 5.74) is 1.02. The third-order valence-electron chi connectivity index (χ3n) is 4.63. The van der Waals surface area contributed by atoms with Gasteiger partial charge in [-0.3, -0.25) is 0 Å². The van der Waals surface area contributed by atoms with Crippen LogP contribution in [0.5, 0.6) is 0 Å². The van der Waals surface area contributed by atoms with Crippen molar-refractivity contribution in [3.05, 3.63) is 17.6 Å². The van der Waals surface area contributed by atoms with Gasteiger partial charge in [0.2, 0.25) is 0 Å². The highest BCUT2D eigenvalue weighted by molar-refractivity contribution is 7.91. The Balaban J connectivity index is 1.99. The van der Waals surface area contributed by atoms with Crippen molar-refractivity contribution in [2.45, 2.75) is 51.6 Å². The first kappa shape index (κ1) is 16.6. The Morgan fingerprint density at radius 2 is 1.91 bits per heavy atom. The molecule has 2 aliphatic rings. The van der Waals surface area contributed by atoms with E-state index in [0.29, 0.717) is 5.92 Å². The lowest BCUT2D eigenvalue weighted by atomic mass is 10.1. The van der Waals surface area contributed by atoms with Gasteiger partial charge in [0.1, 0.15) is 11.6 Å². The average Bonchev–Trinajstić information content (AvgIpc) is 2.80. The summed E-state index contributed by atoms with van der Waals surface area (Å²) in [5.74, 6) is 2.72. The molecule has 0 spiro atoms. The molecule has 0 aliphatic carbocycles. The summed E-state index contributed by atoms with van der Waals surface area (Å²) in [6.45, 7) is 9.98. The van der Waals surface area contributed by atoms with Crippen molar-refractivity contribution in [3.8, 4) is 0 Å². The quantitative estimate of drug-likeness (QED) is 0.895. The van der Waals surface area contributed by atoms with Crippen molar-refractivity contribution < 1.29 is 8.42 Å². The van der Waals surface area contributed by atoms with E-state index in [0.717, 1.165) is 30.4 Å². The van der Waals surface area contributed by atoms with Gasteiger partial charge in [-0.1, -0.05) is 27.7 Å². The number of fused-ring (bicyclic) bond motifs is 1. The topological polar surface area (TPSA) is 75.2 Å². The number of rotatable bonds is 3. The highest BCUT2D eigenvalue weighted by Gasteiger charge is 2.43. The van der Waals surface area contributed by atoms with Crippen LogP contribution in [0.3, 0.4) is 0 Å². The average molecular weight is 338 g/mol. The van der Waals surface area contributed by atoms with Crippen LogP contribution in [0.2, 0.25) is 0 Å². The van der Waals surface area contributed by atoms with Gasteiger partial charge in [-0.05, 0) is 5.92 Å². The molecule has 1 aromatic heterocycles. The molecule has 23 heavy (non-hydrogen) atoms. The second kappa shape index (κ2) is 6.02. The van der Waals surface area contributed by atoms with Crippen LogP contribution in [-0.2, 0) is 9.84 Å². The predicted molar refractivity (Wildman–Crippen MR) is 91.8 cm³/mol. The first-order chi connectivity index (χ1) is 10.8. The van der Waals surface area contributed by atoms with Crippen molar-refractivity contribution in [2.75, 3.05) is 29.5 Å². The van der Waals surface area contributed by atoms with E-state index >= 15 is 0 Å². The predicted octanol–water partition coefficient (Wildman–Crippen LogP) is 1.30. The molecule has 2 aliphatic heterocycles. The normalized spacial score (nSPS) is 26.8. The van der Waals surface area contributed by atoms with E-state index in [1.165, 1.54) is 0 Å². The molecule has 1 N–H and O–H groups in total. The molecule has 1 aromatic rings. The second-order valence-electron chi connectivity index (χ2n) is 7.22. The Kier molecular flexibility index (Phi) is 4.35. The molecule has 3 rings (SSSR count). The maximum Gasteiger partial charge on any atom is 0.153 e. The lowest BCUT2D eigenvalue weighted by Gasteiger charge is -2.38. The second-order valence-corrected chi connectivity index (χ2v) is 9.37. The summed E-state index contributed by atoms with van der Waals surface area (Å²) in [4.78, 5) is 11.6. The van der Waals surface area contributed by atoms with Crippen molar-refractivity contribution in [1.82, 2.24) is 15.3 Å². The molecule has 0 bridgehead atoms. The third kappa shape index (κ3) is 3.35. The minimum atomic E-state index is -2.97. The van der Waals surface area contributed by atoms with E-state index in [1.54, 1.807) is 0 Å². The van der Waals surface area contributed by atoms with Gasteiger partial charge in [0.25, 0.3) is 0 Å². The van der Waals surface area contributed by atoms with Gasteiger partial charge in [-0.2, -0.15) is 0 Å². The van der Waals surface area contributed by atoms with Gasteiger partial charge in [0.05, 0.1) is 17.5 Å². The van der Waals surface area contributed by atoms with Crippen molar-refractivity contribution in [2.24, 2.45) is 0 Å². The molecule has 2 fully saturated rings. The largest absolute Gasteiger partial charge is 0.350 e. The van der Waals surface area contributed by atoms with E-state index in [1.807, 2.05) is 6.07 Å². The zero-order valence-electron chi connectivity index (χ0n) is 14.3. The van der Waals surface area contributed by atoms with E-state index in [4.69, 9.17) is 4.98 Å². The van der Waals surface area contributed by atoms with E-state index in [9.17, 15) is 8.42 Å². The summed E-state index contributed by atoms with van der Waals surface area (Å²) in [6, 6.07) is 2.02. The molecule has 0 aromatic carbocycles. The molecule has 7 heteroatoms. The number of aromatic nitrogens is 2. The van der Waals surface area contributed by atoms with E-state index in [-0.39, 0.29) is 29.5 Å². The Hall–Kier alpha value is -1.21. The minimum absolute atomic E-state index is 0.00807. The number of sulfone groups is 1. The zero-order chi connectivity index (χ0) is 16.8. The monoisotopic (exact) mass is 338 g/mol. The molecule has 0 saturated carbocycles. The highest BCUT2D eigenvalue weighted by Crippen LogP contribution is 2.28. The first-order valence-electron chi connectivity index (χ1n) is 8.36. The molecule has 2 saturated heterocycles. The molecule has 3 heterocycles. The van der Waals surface area contributed by atoms with Gasteiger partial charge in [-0.15, -0.1) is 0 Å². The highest BCUT2D eigenvalue weighted by atomic mass is 32.2. The number of hydrogen-bond acceptors (Lipinski definition) is 6. The van der Waals surface area contributed by atoms with Crippen LogP contribution in [0, 0.1) is 0 Å². The van der Waals surface area contributed by atoms with Gasteiger partial charge < -0.3 is 10.2 Å². The number of nitrogens with one attached hydrogen (secondary N) is 1. The molecule has 2 atom stereocenters. The number of hydrogen-bond donors (Lipinski definition) is 1. The van der Waals surface area contributed by atoms with Crippen LogP contribution in [0.4, 0.5) is 5.82 Å². The van der Waals surface area contributed by atoms with Crippen LogP contribution in [-0.4, -0.2) is 55.1 Å². The molecular formula is C16H26N4O2S. The molecule has 128 valence electrons. The molecule has 6 nitrogen and oxygen atoms in total. The fourth-order valence-electron chi connectivity index (χ4n) is 3.32. The SMILES string of the molecule is CC(C)c1cc(N2CCN[C@@H]3CS(=O)(=O)C[C@@H]32)nc(C(C)C)n1. The van der Waals surface area contributed by atoms with Crippen LogP contribution in [0.25, 0.3) is 0 Å². The number of nitrogens with zero attached hydrogens (tertiary/aromatic N) is 3. The van der Waals surface area contributed by atoms with Crippen molar-refractivity contribution >= 4 is 15.7 Å². The zero-order valence-corrected chi connectivity index (χ0v) is 15.1. The lowest BCUT2D eigenvalue weighted by Crippen LogP contribution is -2.57. The fraction of sp³-hybridized carbons (Fsp3) is 0.750. The minimum Gasteiger partial charge on any atom is -0.350 e. The molecular weight excluding hydrogens is 312 g/mol.